The highest BCUT2D eigenvalue weighted by Gasteiger charge is 2.33. The molecule has 1 amide bonds. The van der Waals surface area contributed by atoms with Crippen molar-refractivity contribution in [3.05, 3.63) is 47.3 Å². The van der Waals surface area contributed by atoms with Gasteiger partial charge in [0.05, 0.1) is 12.1 Å². The Morgan fingerprint density at radius 3 is 2.50 bits per heavy atom. The molecule has 1 fully saturated rings. The van der Waals surface area contributed by atoms with Crippen molar-refractivity contribution in [1.29, 1.82) is 0 Å². The molecule has 5 heteroatoms. The fourth-order valence-electron chi connectivity index (χ4n) is 2.94. The summed E-state index contributed by atoms with van der Waals surface area (Å²) in [7, 11) is 1.80. The van der Waals surface area contributed by atoms with E-state index in [-0.39, 0.29) is 11.4 Å². The van der Waals surface area contributed by atoms with Crippen molar-refractivity contribution in [2.75, 3.05) is 20.2 Å². The van der Waals surface area contributed by atoms with E-state index in [2.05, 4.69) is 25.9 Å². The molecule has 1 saturated carbocycles. The van der Waals surface area contributed by atoms with Crippen LogP contribution in [0.2, 0.25) is 0 Å². The molecular weight excluding hydrogens is 326 g/mol. The highest BCUT2D eigenvalue weighted by Crippen LogP contribution is 2.41. The number of rotatable bonds is 6. The lowest BCUT2D eigenvalue weighted by Crippen LogP contribution is -2.32. The molecule has 26 heavy (non-hydrogen) atoms. The number of carbonyl (C=O) groups excluding carboxylic acids is 1. The minimum Gasteiger partial charge on any atom is -0.492 e. The van der Waals surface area contributed by atoms with E-state index in [1.807, 2.05) is 41.9 Å². The van der Waals surface area contributed by atoms with Gasteiger partial charge in [0.1, 0.15) is 12.4 Å². The van der Waals surface area contributed by atoms with Crippen molar-refractivity contribution < 1.29 is 9.53 Å². The third-order valence-corrected chi connectivity index (χ3v) is 4.65. The molecule has 0 N–H and O–H groups in total. The third-order valence-electron chi connectivity index (χ3n) is 4.65. The Balaban J connectivity index is 1.62. The molecule has 1 aromatic carbocycles. The fourth-order valence-corrected chi connectivity index (χ4v) is 2.94. The molecule has 1 aliphatic rings. The fraction of sp³-hybridized carbons (Fsp3) is 0.524. The van der Waals surface area contributed by atoms with E-state index < -0.39 is 0 Å². The summed E-state index contributed by atoms with van der Waals surface area (Å²) in [5.41, 5.74) is 2.79. The van der Waals surface area contributed by atoms with Crippen LogP contribution in [-0.2, 0) is 5.54 Å². The van der Waals surface area contributed by atoms with Crippen LogP contribution >= 0.6 is 0 Å². The number of carbonyl (C=O) groups is 1. The van der Waals surface area contributed by atoms with Crippen LogP contribution in [0.4, 0.5) is 0 Å². The average Bonchev–Trinajstić information content (AvgIpc) is 3.33. The standard InChI is InChI=1S/C21H29N3O2/c1-15-6-10-17(11-7-15)26-13-12-23(5)20(25)18-14-19(16-8-9-16)24(22-18)21(2,3)4/h6-7,10-11,14,16H,8-9,12-13H2,1-5H3. The van der Waals surface area contributed by atoms with E-state index in [0.717, 1.165) is 5.75 Å². The minimum atomic E-state index is -0.121. The molecule has 0 spiro atoms. The van der Waals surface area contributed by atoms with Crippen LogP contribution in [0.3, 0.4) is 0 Å². The summed E-state index contributed by atoms with van der Waals surface area (Å²) >= 11 is 0. The van der Waals surface area contributed by atoms with Gasteiger partial charge in [-0.15, -0.1) is 0 Å². The summed E-state index contributed by atoms with van der Waals surface area (Å²) in [5.74, 6) is 1.32. The molecule has 1 heterocycles. The number of aromatic nitrogens is 2. The summed E-state index contributed by atoms with van der Waals surface area (Å²) in [5, 5.41) is 4.62. The Kier molecular flexibility index (Phi) is 5.08. The normalized spacial score (nSPS) is 14.3. The van der Waals surface area contributed by atoms with Crippen LogP contribution in [-0.4, -0.2) is 40.8 Å². The van der Waals surface area contributed by atoms with Gasteiger partial charge < -0.3 is 9.64 Å². The van der Waals surface area contributed by atoms with E-state index >= 15 is 0 Å². The maximum Gasteiger partial charge on any atom is 0.274 e. The van der Waals surface area contributed by atoms with Gasteiger partial charge in [-0.05, 0) is 58.7 Å². The quantitative estimate of drug-likeness (QED) is 0.787. The van der Waals surface area contributed by atoms with Gasteiger partial charge in [0, 0.05) is 18.7 Å². The first kappa shape index (κ1) is 18.5. The van der Waals surface area contributed by atoms with Gasteiger partial charge in [-0.3, -0.25) is 9.48 Å². The number of hydrogen-bond acceptors (Lipinski definition) is 3. The zero-order valence-corrected chi connectivity index (χ0v) is 16.5. The Morgan fingerprint density at radius 1 is 1.27 bits per heavy atom. The average molecular weight is 355 g/mol. The molecule has 1 aliphatic carbocycles. The first-order valence-corrected chi connectivity index (χ1v) is 9.31. The predicted molar refractivity (Wildman–Crippen MR) is 103 cm³/mol. The second-order valence-corrected chi connectivity index (χ2v) is 8.20. The first-order valence-electron chi connectivity index (χ1n) is 9.31. The zero-order chi connectivity index (χ0) is 18.9. The van der Waals surface area contributed by atoms with Crippen molar-refractivity contribution in [3.8, 4) is 5.75 Å². The molecule has 0 atom stereocenters. The lowest BCUT2D eigenvalue weighted by molar-refractivity contribution is 0.0766. The minimum absolute atomic E-state index is 0.0533. The highest BCUT2D eigenvalue weighted by molar-refractivity contribution is 5.92. The predicted octanol–water partition coefficient (Wildman–Crippen LogP) is 3.97. The van der Waals surface area contributed by atoms with Crippen LogP contribution in [0, 0.1) is 6.92 Å². The van der Waals surface area contributed by atoms with Crippen LogP contribution in [0.5, 0.6) is 5.75 Å². The summed E-state index contributed by atoms with van der Waals surface area (Å²) in [4.78, 5) is 14.4. The molecule has 0 radical (unpaired) electrons. The molecule has 0 saturated heterocycles. The van der Waals surface area contributed by atoms with E-state index in [1.165, 1.54) is 24.1 Å². The molecular formula is C21H29N3O2. The van der Waals surface area contributed by atoms with E-state index in [4.69, 9.17) is 4.74 Å². The number of amides is 1. The lowest BCUT2D eigenvalue weighted by atomic mass is 10.1. The Labute approximate surface area is 156 Å². The highest BCUT2D eigenvalue weighted by atomic mass is 16.5. The summed E-state index contributed by atoms with van der Waals surface area (Å²) < 4.78 is 7.75. The van der Waals surface area contributed by atoms with Crippen molar-refractivity contribution in [2.24, 2.45) is 0 Å². The van der Waals surface area contributed by atoms with Crippen LogP contribution in [0.1, 0.15) is 61.3 Å². The second-order valence-electron chi connectivity index (χ2n) is 8.20. The third kappa shape index (κ3) is 4.26. The van der Waals surface area contributed by atoms with Gasteiger partial charge in [-0.25, -0.2) is 0 Å². The maximum atomic E-state index is 12.8. The SMILES string of the molecule is Cc1ccc(OCCN(C)C(=O)c2cc(C3CC3)n(C(C)(C)C)n2)cc1. The molecule has 1 aromatic heterocycles. The molecule has 2 aromatic rings. The van der Waals surface area contributed by atoms with Gasteiger partial charge in [0.2, 0.25) is 0 Å². The van der Waals surface area contributed by atoms with Crippen LogP contribution < -0.4 is 4.74 Å². The molecule has 140 valence electrons. The van der Waals surface area contributed by atoms with Crippen molar-refractivity contribution in [3.63, 3.8) is 0 Å². The lowest BCUT2D eigenvalue weighted by Gasteiger charge is -2.22. The van der Waals surface area contributed by atoms with Gasteiger partial charge in [-0.1, -0.05) is 17.7 Å². The zero-order valence-electron chi connectivity index (χ0n) is 16.5. The van der Waals surface area contributed by atoms with Crippen LogP contribution in [0.25, 0.3) is 0 Å². The van der Waals surface area contributed by atoms with Gasteiger partial charge in [0.15, 0.2) is 5.69 Å². The number of hydrogen-bond donors (Lipinski definition) is 0. The van der Waals surface area contributed by atoms with Crippen LogP contribution in [0.15, 0.2) is 30.3 Å². The smallest absolute Gasteiger partial charge is 0.274 e. The summed E-state index contributed by atoms with van der Waals surface area (Å²) in [6.07, 6.45) is 2.38. The van der Waals surface area contributed by atoms with Crippen molar-refractivity contribution in [1.82, 2.24) is 14.7 Å². The largest absolute Gasteiger partial charge is 0.492 e. The topological polar surface area (TPSA) is 47.4 Å². The molecule has 0 bridgehead atoms. The first-order chi connectivity index (χ1) is 12.3. The van der Waals surface area contributed by atoms with E-state index in [1.54, 1.807) is 11.9 Å². The summed E-state index contributed by atoms with van der Waals surface area (Å²) in [6.45, 7) is 9.40. The molecule has 5 nitrogen and oxygen atoms in total. The van der Waals surface area contributed by atoms with Crippen molar-refractivity contribution in [2.45, 2.75) is 52.0 Å². The van der Waals surface area contributed by atoms with Crippen molar-refractivity contribution >= 4 is 5.91 Å². The van der Waals surface area contributed by atoms with Gasteiger partial charge >= 0.3 is 0 Å². The van der Waals surface area contributed by atoms with E-state index in [0.29, 0.717) is 24.8 Å². The number of aryl methyl sites for hydroxylation is 1. The molecule has 0 unspecified atom stereocenters. The molecule has 3 rings (SSSR count). The monoisotopic (exact) mass is 355 g/mol. The van der Waals surface area contributed by atoms with Gasteiger partial charge in [-0.2, -0.15) is 5.10 Å². The number of likely N-dealkylation sites (N-methyl/N-ethyl adjacent to an activating group) is 1. The number of benzene rings is 1. The molecule has 0 aliphatic heterocycles. The van der Waals surface area contributed by atoms with E-state index in [9.17, 15) is 4.79 Å². The summed E-state index contributed by atoms with van der Waals surface area (Å²) in [6, 6.07) is 9.90. The number of ether oxygens (including phenoxy) is 1. The number of nitrogens with zero attached hydrogens (tertiary/aromatic N) is 3. The van der Waals surface area contributed by atoms with Gasteiger partial charge in [0.25, 0.3) is 5.91 Å². The Morgan fingerprint density at radius 2 is 1.92 bits per heavy atom. The maximum absolute atomic E-state index is 12.8. The Hall–Kier alpha value is -2.30. The second kappa shape index (κ2) is 7.14. The Bertz CT molecular complexity index is 768.